The second-order valence-electron chi connectivity index (χ2n) is 6.67. The number of esters is 1. The van der Waals surface area contributed by atoms with E-state index in [1.165, 1.54) is 12.1 Å². The summed E-state index contributed by atoms with van der Waals surface area (Å²) in [5, 5.41) is 4.33. The van der Waals surface area contributed by atoms with Crippen molar-refractivity contribution in [2.45, 2.75) is 6.61 Å². The molecule has 0 aromatic heterocycles. The van der Waals surface area contributed by atoms with Crippen LogP contribution in [0.3, 0.4) is 0 Å². The van der Waals surface area contributed by atoms with Crippen LogP contribution in [0.5, 0.6) is 5.75 Å². The molecule has 0 aliphatic rings. The first-order valence-electron chi connectivity index (χ1n) is 9.57. The molecule has 0 unspecified atom stereocenters. The zero-order valence-corrected chi connectivity index (χ0v) is 20.0. The van der Waals surface area contributed by atoms with Gasteiger partial charge in [-0.25, -0.2) is 4.79 Å². The number of carbonyl (C=O) groups is 2. The lowest BCUT2D eigenvalue weighted by Crippen LogP contribution is -2.20. The molecule has 9 heteroatoms. The van der Waals surface area contributed by atoms with E-state index in [-0.39, 0.29) is 6.61 Å². The van der Waals surface area contributed by atoms with Gasteiger partial charge in [0.25, 0.3) is 5.91 Å². The molecule has 3 aromatic carbocycles. The van der Waals surface area contributed by atoms with Gasteiger partial charge < -0.3 is 14.8 Å². The second kappa shape index (κ2) is 12.0. The molecule has 0 spiro atoms. The number of nitrogens with one attached hydrogen (secondary N) is 1. The molecule has 1 N–H and O–H groups in total. The number of amides is 1. The highest BCUT2D eigenvalue weighted by atomic mass is 35.5. The molecule has 5 nitrogen and oxygen atoms in total. The predicted molar refractivity (Wildman–Crippen MR) is 132 cm³/mol. The van der Waals surface area contributed by atoms with Gasteiger partial charge in [-0.3, -0.25) is 4.79 Å². The molecule has 0 aliphatic carbocycles. The fourth-order valence-corrected chi connectivity index (χ4v) is 3.47. The maximum Gasteiger partial charge on any atom is 0.331 e. The standard InChI is InChI=1S/C24H17Cl4NO4/c25-16-7-10-21(28)22(12-16)29-23(30)14-33-24(31)11-6-15-4-8-17(9-5-15)32-13-18-19(26)2-1-3-20(18)27/h1-12H,13-14H2,(H,29,30). The smallest absolute Gasteiger partial charge is 0.331 e. The lowest BCUT2D eigenvalue weighted by atomic mass is 10.2. The molecule has 3 rings (SSSR count). The predicted octanol–water partition coefficient (Wildman–Crippen LogP) is 7.07. The molecule has 33 heavy (non-hydrogen) atoms. The fraction of sp³-hybridized carbons (Fsp3) is 0.0833. The Morgan fingerprint density at radius 3 is 2.27 bits per heavy atom. The van der Waals surface area contributed by atoms with Gasteiger partial charge in [-0.2, -0.15) is 0 Å². The number of hydrogen-bond donors (Lipinski definition) is 1. The van der Waals surface area contributed by atoms with Crippen molar-refractivity contribution in [3.8, 4) is 5.75 Å². The second-order valence-corrected chi connectivity index (χ2v) is 8.33. The van der Waals surface area contributed by atoms with Gasteiger partial charge in [0.15, 0.2) is 6.61 Å². The van der Waals surface area contributed by atoms with E-state index in [1.807, 2.05) is 0 Å². The van der Waals surface area contributed by atoms with Crippen molar-refractivity contribution in [1.29, 1.82) is 0 Å². The summed E-state index contributed by atoms with van der Waals surface area (Å²) in [6.45, 7) is -0.244. The Hall–Kier alpha value is -2.70. The highest BCUT2D eigenvalue weighted by Crippen LogP contribution is 2.26. The Balaban J connectivity index is 1.46. The van der Waals surface area contributed by atoms with Crippen LogP contribution in [0.25, 0.3) is 6.08 Å². The molecule has 0 heterocycles. The number of carbonyl (C=O) groups excluding carboxylic acids is 2. The molecular formula is C24H17Cl4NO4. The van der Waals surface area contributed by atoms with Crippen molar-refractivity contribution in [2.24, 2.45) is 0 Å². The Bertz CT molecular complexity index is 1160. The summed E-state index contributed by atoms with van der Waals surface area (Å²) in [6.07, 6.45) is 2.78. The van der Waals surface area contributed by atoms with E-state index in [0.717, 1.165) is 5.56 Å². The summed E-state index contributed by atoms with van der Waals surface area (Å²) in [5.41, 5.74) is 1.78. The van der Waals surface area contributed by atoms with Crippen LogP contribution in [0.4, 0.5) is 5.69 Å². The van der Waals surface area contributed by atoms with Gasteiger partial charge in [0, 0.05) is 26.7 Å². The van der Waals surface area contributed by atoms with E-state index in [0.29, 0.717) is 37.1 Å². The Morgan fingerprint density at radius 1 is 0.879 bits per heavy atom. The van der Waals surface area contributed by atoms with Crippen LogP contribution in [0.1, 0.15) is 11.1 Å². The van der Waals surface area contributed by atoms with Crippen molar-refractivity contribution in [2.75, 3.05) is 11.9 Å². The summed E-state index contributed by atoms with van der Waals surface area (Å²) in [7, 11) is 0. The quantitative estimate of drug-likeness (QED) is 0.252. The highest BCUT2D eigenvalue weighted by Gasteiger charge is 2.09. The number of hydrogen-bond acceptors (Lipinski definition) is 4. The van der Waals surface area contributed by atoms with E-state index < -0.39 is 18.5 Å². The maximum absolute atomic E-state index is 12.0. The summed E-state index contributed by atoms with van der Waals surface area (Å²) >= 11 is 24.1. The van der Waals surface area contributed by atoms with Gasteiger partial charge in [0.1, 0.15) is 12.4 Å². The molecule has 1 amide bonds. The van der Waals surface area contributed by atoms with E-state index in [9.17, 15) is 9.59 Å². The van der Waals surface area contributed by atoms with Gasteiger partial charge in [0.05, 0.1) is 10.7 Å². The minimum Gasteiger partial charge on any atom is -0.489 e. The third kappa shape index (κ3) is 7.69. The maximum atomic E-state index is 12.0. The number of benzene rings is 3. The normalized spacial score (nSPS) is 10.8. The van der Waals surface area contributed by atoms with Gasteiger partial charge >= 0.3 is 5.97 Å². The van der Waals surface area contributed by atoms with Crippen LogP contribution in [-0.4, -0.2) is 18.5 Å². The fourth-order valence-electron chi connectivity index (χ4n) is 2.63. The van der Waals surface area contributed by atoms with Crippen molar-refractivity contribution < 1.29 is 19.1 Å². The third-order valence-corrected chi connectivity index (χ3v) is 5.56. The van der Waals surface area contributed by atoms with Crippen molar-refractivity contribution in [3.05, 3.63) is 98.0 Å². The average molecular weight is 525 g/mol. The number of rotatable bonds is 8. The van der Waals surface area contributed by atoms with E-state index >= 15 is 0 Å². The zero-order chi connectivity index (χ0) is 23.8. The molecule has 170 valence electrons. The topological polar surface area (TPSA) is 64.6 Å². The van der Waals surface area contributed by atoms with E-state index in [1.54, 1.807) is 60.7 Å². The molecule has 0 saturated carbocycles. The first-order chi connectivity index (χ1) is 15.8. The van der Waals surface area contributed by atoms with Gasteiger partial charge in [-0.15, -0.1) is 0 Å². The Morgan fingerprint density at radius 2 is 1.58 bits per heavy atom. The lowest BCUT2D eigenvalue weighted by Gasteiger charge is -2.09. The third-order valence-electron chi connectivity index (χ3n) is 4.28. The van der Waals surface area contributed by atoms with Crippen LogP contribution in [0.2, 0.25) is 20.1 Å². The molecule has 0 fully saturated rings. The van der Waals surface area contributed by atoms with E-state index in [4.69, 9.17) is 55.9 Å². The van der Waals surface area contributed by atoms with Crippen LogP contribution >= 0.6 is 46.4 Å². The van der Waals surface area contributed by atoms with Crippen LogP contribution < -0.4 is 10.1 Å². The number of ether oxygens (including phenoxy) is 2. The average Bonchev–Trinajstić information content (AvgIpc) is 2.79. The summed E-state index contributed by atoms with van der Waals surface area (Å²) < 4.78 is 10.7. The molecule has 0 radical (unpaired) electrons. The largest absolute Gasteiger partial charge is 0.489 e. The Kier molecular flexibility index (Phi) is 9.03. The minimum absolute atomic E-state index is 0.225. The molecule has 0 aliphatic heterocycles. The lowest BCUT2D eigenvalue weighted by molar-refractivity contribution is -0.142. The van der Waals surface area contributed by atoms with Crippen molar-refractivity contribution in [3.63, 3.8) is 0 Å². The van der Waals surface area contributed by atoms with Gasteiger partial charge in [-0.1, -0.05) is 64.6 Å². The van der Waals surface area contributed by atoms with Gasteiger partial charge in [-0.05, 0) is 54.1 Å². The zero-order valence-electron chi connectivity index (χ0n) is 17.0. The molecule has 0 bridgehead atoms. The van der Waals surface area contributed by atoms with Crippen LogP contribution in [0, 0.1) is 0 Å². The van der Waals surface area contributed by atoms with Crippen molar-refractivity contribution in [1.82, 2.24) is 0 Å². The first-order valence-corrected chi connectivity index (χ1v) is 11.1. The van der Waals surface area contributed by atoms with Gasteiger partial charge in [0.2, 0.25) is 0 Å². The first kappa shape index (κ1) is 24.9. The minimum atomic E-state index is -0.670. The molecular weight excluding hydrogens is 508 g/mol. The highest BCUT2D eigenvalue weighted by molar-refractivity contribution is 6.36. The number of halogens is 4. The molecule has 0 saturated heterocycles. The monoisotopic (exact) mass is 523 g/mol. The SMILES string of the molecule is O=C(COC(=O)C=Cc1ccc(OCc2c(Cl)cccc2Cl)cc1)Nc1cc(Cl)ccc1Cl. The summed E-state index contributed by atoms with van der Waals surface area (Å²) in [4.78, 5) is 23.9. The van der Waals surface area contributed by atoms with Crippen LogP contribution in [-0.2, 0) is 20.9 Å². The van der Waals surface area contributed by atoms with Crippen molar-refractivity contribution >= 4 is 70.0 Å². The summed E-state index contributed by atoms with van der Waals surface area (Å²) in [6, 6.07) is 16.9. The summed E-state index contributed by atoms with van der Waals surface area (Å²) in [5.74, 6) is -0.598. The molecule has 3 aromatic rings. The Labute approximate surface area is 210 Å². The van der Waals surface area contributed by atoms with Crippen LogP contribution in [0.15, 0.2) is 66.7 Å². The number of anilines is 1. The molecule has 0 atom stereocenters. The van der Waals surface area contributed by atoms with E-state index in [2.05, 4.69) is 5.32 Å².